The Morgan fingerprint density at radius 3 is 0.857 bits per heavy atom. The van der Waals surface area contributed by atoms with Crippen molar-refractivity contribution in [1.29, 1.82) is 0 Å². The number of aliphatic hydroxyl groups is 5. The van der Waals surface area contributed by atoms with E-state index in [0.29, 0.717) is 113 Å². The number of hydrogen-bond acceptors (Lipinski definition) is 26. The van der Waals surface area contributed by atoms with E-state index in [2.05, 4.69) is 59.0 Å². The summed E-state index contributed by atoms with van der Waals surface area (Å²) in [6.07, 6.45) is 0. The molecule has 0 aromatic heterocycles. The highest BCUT2D eigenvalue weighted by atomic mass is 16.5. The van der Waals surface area contributed by atoms with Crippen molar-refractivity contribution in [2.75, 3.05) is 253 Å². The van der Waals surface area contributed by atoms with Gasteiger partial charge in [-0.2, -0.15) is 0 Å². The Kier molecular flexibility index (Phi) is 55.5. The third kappa shape index (κ3) is 33.1. The fraction of sp³-hybridized carbons (Fsp3) is 0.638. The van der Waals surface area contributed by atoms with Crippen molar-refractivity contribution in [3.8, 4) is 0 Å². The first-order chi connectivity index (χ1) is 41.0. The molecule has 26 heteroatoms. The van der Waals surface area contributed by atoms with Crippen molar-refractivity contribution in [3.63, 3.8) is 0 Å². The SMILES string of the molecule is C=O.C=O.C=O.CCOCN(CC)c1cc(N(CC)CC)cc(N(COCC)COCC)c1.COCN(CCO)c1cc(N(CCO)CCO)cc(N(COC)COC)c1.COCNc1cc(N(CCO)CCO)cc(N(COC)COC)c1. The van der Waals surface area contributed by atoms with E-state index in [9.17, 15) is 25.5 Å². The number of hydrogen-bond donors (Lipinski definition) is 6. The highest BCUT2D eigenvalue weighted by Crippen LogP contribution is 2.33. The van der Waals surface area contributed by atoms with Crippen LogP contribution in [0.25, 0.3) is 0 Å². The van der Waals surface area contributed by atoms with Crippen LogP contribution in [0.15, 0.2) is 54.6 Å². The van der Waals surface area contributed by atoms with Gasteiger partial charge in [0.1, 0.15) is 80.9 Å². The van der Waals surface area contributed by atoms with E-state index in [4.69, 9.17) is 57.0 Å². The molecule has 26 nitrogen and oxygen atoms in total. The maximum absolute atomic E-state index is 9.39. The molecule has 0 atom stereocenters. The van der Waals surface area contributed by atoms with Gasteiger partial charge in [0.2, 0.25) is 0 Å². The Balaban J connectivity index is -0.00000112. The van der Waals surface area contributed by atoms with Gasteiger partial charge in [0.05, 0.1) is 33.0 Å². The third-order valence-corrected chi connectivity index (χ3v) is 11.8. The normalized spacial score (nSPS) is 10.2. The first-order valence-electron chi connectivity index (χ1n) is 27.8. The number of anilines is 9. The highest BCUT2D eigenvalue weighted by Gasteiger charge is 2.19. The highest BCUT2D eigenvalue weighted by molar-refractivity contribution is 5.71. The number of rotatable bonds is 43. The molecule has 486 valence electrons. The van der Waals surface area contributed by atoms with E-state index in [-0.39, 0.29) is 33.0 Å². The fourth-order valence-corrected chi connectivity index (χ4v) is 7.96. The molecule has 0 aliphatic carbocycles. The Bertz CT molecular complexity index is 1810. The molecule has 0 bridgehead atoms. The van der Waals surface area contributed by atoms with E-state index in [0.717, 1.165) is 65.1 Å². The lowest BCUT2D eigenvalue weighted by Crippen LogP contribution is -2.33. The summed E-state index contributed by atoms with van der Waals surface area (Å²) in [5, 5.41) is 49.9. The first kappa shape index (κ1) is 82.5. The number of methoxy groups -OCH3 is 6. The van der Waals surface area contributed by atoms with Crippen LogP contribution in [-0.2, 0) is 57.0 Å². The summed E-state index contributed by atoms with van der Waals surface area (Å²) in [5.74, 6) is 0. The van der Waals surface area contributed by atoms with Crippen LogP contribution in [-0.4, -0.2) is 254 Å². The Morgan fingerprint density at radius 2 is 0.560 bits per heavy atom. The number of benzene rings is 3. The van der Waals surface area contributed by atoms with Crippen molar-refractivity contribution in [2.45, 2.75) is 41.5 Å². The van der Waals surface area contributed by atoms with Crippen LogP contribution in [0.1, 0.15) is 41.5 Å². The number of carbonyl (C=O) groups is 3. The quantitative estimate of drug-likeness (QED) is 0.0437. The van der Waals surface area contributed by atoms with Crippen LogP contribution in [0.2, 0.25) is 0 Å². The van der Waals surface area contributed by atoms with Crippen molar-refractivity contribution < 1.29 is 82.5 Å². The monoisotopic (exact) mass is 1200 g/mol. The average Bonchev–Trinajstić information content (AvgIpc) is 3.61. The van der Waals surface area contributed by atoms with Crippen molar-refractivity contribution >= 4 is 71.6 Å². The second-order valence-electron chi connectivity index (χ2n) is 17.2. The van der Waals surface area contributed by atoms with Gasteiger partial charge in [-0.15, -0.1) is 0 Å². The molecule has 3 rings (SSSR count). The molecule has 0 fully saturated rings. The number of nitrogens with zero attached hydrogens (tertiary/aromatic N) is 8. The molecule has 0 aliphatic rings. The molecule has 84 heavy (non-hydrogen) atoms. The standard InChI is InChI=1S/C21H39N3O3.C18H33N3O6.C16H29N3O5.3CH2O/c1-7-22(8-2)19-13-20(23(9-3)16-25-10-4)15-21(14-19)24(17-26-11-5)18-27-12-6;1-25-13-20(6-9-24)17-10-16(19(4-7-22)5-8-23)11-18(12-17)21(14-26-2)15-27-3;1-22-11-17-14-8-15(18(4-6-20)5-7-21)10-16(9-14)19(12-23-2)13-24-3;3*1-2/h13-15H,7-12,16-18H2,1-6H3;10-12,22-24H,4-9,13-15H2,1-3H3;8-10,17,20-21H,4-7,11-13H2,1-3H3;3*1H2. The van der Waals surface area contributed by atoms with Crippen LogP contribution in [0, 0.1) is 0 Å². The van der Waals surface area contributed by atoms with Gasteiger partial charge in [-0.1, -0.05) is 0 Å². The van der Waals surface area contributed by atoms with Crippen molar-refractivity contribution in [1.82, 2.24) is 0 Å². The molecule has 0 amide bonds. The van der Waals surface area contributed by atoms with E-state index >= 15 is 0 Å². The van der Waals surface area contributed by atoms with Gasteiger partial charge in [-0.05, 0) is 96.1 Å². The average molecular weight is 1200 g/mol. The molecule has 0 saturated heterocycles. The molecule has 3 aromatic carbocycles. The van der Waals surface area contributed by atoms with Gasteiger partial charge < -0.3 is 127 Å². The molecule has 0 unspecified atom stereocenters. The van der Waals surface area contributed by atoms with Gasteiger partial charge in [0.15, 0.2) is 0 Å². The minimum absolute atomic E-state index is 0.00488. The zero-order valence-corrected chi connectivity index (χ0v) is 52.7. The van der Waals surface area contributed by atoms with Gasteiger partial charge in [0, 0.05) is 166 Å². The molecule has 0 radical (unpaired) electrons. The summed E-state index contributed by atoms with van der Waals surface area (Å²) in [4.78, 5) is 40.3. The summed E-state index contributed by atoms with van der Waals surface area (Å²) in [6.45, 7) is 29.2. The third-order valence-electron chi connectivity index (χ3n) is 11.8. The van der Waals surface area contributed by atoms with Gasteiger partial charge in [0.25, 0.3) is 0 Å². The molecule has 6 N–H and O–H groups in total. The van der Waals surface area contributed by atoms with Crippen LogP contribution in [0.3, 0.4) is 0 Å². The molecule has 0 spiro atoms. The maximum Gasteiger partial charge on any atom is 0.120 e. The van der Waals surface area contributed by atoms with Gasteiger partial charge >= 0.3 is 0 Å². The molecule has 0 heterocycles. The number of aliphatic hydroxyl groups excluding tert-OH is 5. The second kappa shape index (κ2) is 56.4. The van der Waals surface area contributed by atoms with Gasteiger partial charge in [-0.25, -0.2) is 0 Å². The topological polar surface area (TPSA) is 273 Å². The van der Waals surface area contributed by atoms with Crippen molar-refractivity contribution in [2.24, 2.45) is 0 Å². The maximum atomic E-state index is 9.39. The summed E-state index contributed by atoms with van der Waals surface area (Å²) in [5.41, 5.74) is 8.64. The predicted octanol–water partition coefficient (Wildman–Crippen LogP) is 3.99. The number of nitrogens with one attached hydrogen (secondary N) is 1. The second-order valence-corrected chi connectivity index (χ2v) is 17.2. The molecule has 0 saturated carbocycles. The number of carbonyl (C=O) groups excluding carboxylic acids is 3. The number of ether oxygens (including phenoxy) is 9. The summed E-state index contributed by atoms with van der Waals surface area (Å²) < 4.78 is 48.4. The minimum atomic E-state index is -0.0299. The van der Waals surface area contributed by atoms with E-state index in [1.165, 1.54) is 5.69 Å². The molecule has 0 aliphatic heterocycles. The zero-order chi connectivity index (χ0) is 63.9. The minimum Gasteiger partial charge on any atom is -0.395 e. The predicted molar refractivity (Wildman–Crippen MR) is 336 cm³/mol. The Hall–Kier alpha value is -5.69. The van der Waals surface area contributed by atoms with Crippen LogP contribution in [0.4, 0.5) is 51.2 Å². The van der Waals surface area contributed by atoms with E-state index in [1.54, 1.807) is 42.7 Å². The molecule has 3 aromatic rings. The smallest absolute Gasteiger partial charge is 0.120 e. The summed E-state index contributed by atoms with van der Waals surface area (Å²) in [7, 11) is 9.69. The largest absolute Gasteiger partial charge is 0.395 e. The fourth-order valence-electron chi connectivity index (χ4n) is 7.96. The lowest BCUT2D eigenvalue weighted by atomic mass is 10.2. The molecular formula is C58H107N9O17. The summed E-state index contributed by atoms with van der Waals surface area (Å²) in [6, 6.07) is 18.4. The molecular weight excluding hydrogens is 1090 g/mol. The van der Waals surface area contributed by atoms with Crippen LogP contribution >= 0.6 is 0 Å². The van der Waals surface area contributed by atoms with Crippen LogP contribution in [0.5, 0.6) is 0 Å². The Labute approximate surface area is 501 Å². The van der Waals surface area contributed by atoms with Crippen molar-refractivity contribution in [3.05, 3.63) is 54.6 Å². The zero-order valence-electron chi connectivity index (χ0n) is 52.7. The van der Waals surface area contributed by atoms with E-state index < -0.39 is 0 Å². The summed E-state index contributed by atoms with van der Waals surface area (Å²) >= 11 is 0. The van der Waals surface area contributed by atoms with Gasteiger partial charge in [-0.3, -0.25) is 0 Å². The Morgan fingerprint density at radius 1 is 0.321 bits per heavy atom. The van der Waals surface area contributed by atoms with E-state index in [1.807, 2.05) is 102 Å². The lowest BCUT2D eigenvalue weighted by molar-refractivity contribution is -0.0987. The lowest BCUT2D eigenvalue weighted by Gasteiger charge is -2.31. The van der Waals surface area contributed by atoms with Crippen LogP contribution < -0.4 is 44.5 Å². The first-order valence-corrected chi connectivity index (χ1v) is 27.8.